The Morgan fingerprint density at radius 1 is 1.25 bits per heavy atom. The van der Waals surface area contributed by atoms with Crippen molar-refractivity contribution in [3.63, 3.8) is 0 Å². The number of halogens is 1. The Labute approximate surface area is 176 Å². The van der Waals surface area contributed by atoms with Crippen molar-refractivity contribution in [2.45, 2.75) is 19.8 Å². The summed E-state index contributed by atoms with van der Waals surface area (Å²) in [6.07, 6.45) is 1.85. The van der Waals surface area contributed by atoms with Crippen LogP contribution in [-0.4, -0.2) is 29.2 Å². The van der Waals surface area contributed by atoms with Crippen LogP contribution >= 0.6 is 27.3 Å². The number of carbonyl (C=O) groups excluding carboxylic acids is 1. The third-order valence-electron chi connectivity index (χ3n) is 4.99. The molecule has 1 atom stereocenters. The number of rotatable bonds is 4. The van der Waals surface area contributed by atoms with E-state index < -0.39 is 0 Å². The molecule has 7 heteroatoms. The summed E-state index contributed by atoms with van der Waals surface area (Å²) in [7, 11) is 0. The van der Waals surface area contributed by atoms with Gasteiger partial charge in [-0.2, -0.15) is 0 Å². The molecule has 0 bridgehead atoms. The maximum absolute atomic E-state index is 12.8. The van der Waals surface area contributed by atoms with Crippen LogP contribution in [0.1, 0.15) is 18.4 Å². The van der Waals surface area contributed by atoms with Gasteiger partial charge in [0, 0.05) is 23.2 Å². The zero-order chi connectivity index (χ0) is 19.5. The second-order valence-corrected chi connectivity index (χ2v) is 8.85. The number of amides is 1. The topological polar surface area (TPSA) is 58.1 Å². The van der Waals surface area contributed by atoms with Crippen LogP contribution in [0.25, 0.3) is 10.6 Å². The van der Waals surface area contributed by atoms with E-state index in [-0.39, 0.29) is 11.8 Å². The molecule has 1 N–H and O–H groups in total. The smallest absolute Gasteiger partial charge is 0.229 e. The number of hydrogen-bond donors (Lipinski definition) is 1. The van der Waals surface area contributed by atoms with Crippen LogP contribution in [0.5, 0.6) is 0 Å². The van der Waals surface area contributed by atoms with Crippen LogP contribution < -0.4 is 10.2 Å². The standard InChI is InChI=1S/C21H21BrN4OS/c1-14-12-16(22)6-7-17(14)23-21(27)15-4-2-10-26(13-15)20-9-8-18(24-25-20)19-5-3-11-28-19/h3,5-9,11-12,15H,2,4,10,13H2,1H3,(H,23,27). The monoisotopic (exact) mass is 456 g/mol. The van der Waals surface area contributed by atoms with Crippen molar-refractivity contribution < 1.29 is 4.79 Å². The summed E-state index contributed by atoms with van der Waals surface area (Å²) < 4.78 is 1.01. The third kappa shape index (κ3) is 4.25. The molecule has 2 aromatic heterocycles. The first-order chi connectivity index (χ1) is 13.6. The van der Waals surface area contributed by atoms with Crippen molar-refractivity contribution in [2.75, 3.05) is 23.3 Å². The maximum atomic E-state index is 12.8. The average Bonchev–Trinajstić information content (AvgIpc) is 3.25. The van der Waals surface area contributed by atoms with Gasteiger partial charge in [-0.25, -0.2) is 0 Å². The minimum Gasteiger partial charge on any atom is -0.354 e. The van der Waals surface area contributed by atoms with Gasteiger partial charge in [0.1, 0.15) is 5.69 Å². The highest BCUT2D eigenvalue weighted by Gasteiger charge is 2.27. The van der Waals surface area contributed by atoms with Crippen molar-refractivity contribution in [1.82, 2.24) is 10.2 Å². The van der Waals surface area contributed by atoms with Crippen molar-refractivity contribution in [1.29, 1.82) is 0 Å². The summed E-state index contributed by atoms with van der Waals surface area (Å²) in [6, 6.07) is 13.9. The van der Waals surface area contributed by atoms with E-state index in [4.69, 9.17) is 0 Å². The Kier molecular flexibility index (Phi) is 5.73. The van der Waals surface area contributed by atoms with Crippen molar-refractivity contribution in [3.05, 3.63) is 57.9 Å². The molecular formula is C21H21BrN4OS. The molecule has 5 nitrogen and oxygen atoms in total. The molecule has 144 valence electrons. The fourth-order valence-corrected chi connectivity index (χ4v) is 4.62. The Morgan fingerprint density at radius 3 is 2.86 bits per heavy atom. The van der Waals surface area contributed by atoms with Gasteiger partial charge >= 0.3 is 0 Å². The largest absolute Gasteiger partial charge is 0.354 e. The lowest BCUT2D eigenvalue weighted by atomic mass is 9.97. The molecule has 1 fully saturated rings. The minimum atomic E-state index is -0.0597. The first kappa shape index (κ1) is 19.1. The van der Waals surface area contributed by atoms with Crippen LogP contribution in [0.15, 0.2) is 52.3 Å². The Balaban J connectivity index is 1.43. The van der Waals surface area contributed by atoms with Gasteiger partial charge < -0.3 is 10.2 Å². The molecule has 0 radical (unpaired) electrons. The number of anilines is 2. The van der Waals surface area contributed by atoms with E-state index in [0.717, 1.165) is 51.5 Å². The fraction of sp³-hybridized carbons (Fsp3) is 0.286. The van der Waals surface area contributed by atoms with Crippen molar-refractivity contribution >= 4 is 44.7 Å². The number of nitrogens with zero attached hydrogens (tertiary/aromatic N) is 3. The molecule has 0 spiro atoms. The zero-order valence-electron chi connectivity index (χ0n) is 15.6. The number of hydrogen-bond acceptors (Lipinski definition) is 5. The first-order valence-electron chi connectivity index (χ1n) is 9.30. The van der Waals surface area contributed by atoms with E-state index in [1.807, 2.05) is 54.8 Å². The predicted molar refractivity (Wildman–Crippen MR) is 118 cm³/mol. The number of thiophene rings is 1. The van der Waals surface area contributed by atoms with Gasteiger partial charge in [-0.15, -0.1) is 21.5 Å². The molecule has 3 aromatic rings. The fourth-order valence-electron chi connectivity index (χ4n) is 3.45. The lowest BCUT2D eigenvalue weighted by Gasteiger charge is -2.32. The number of piperidine rings is 1. The van der Waals surface area contributed by atoms with Gasteiger partial charge in [0.2, 0.25) is 5.91 Å². The van der Waals surface area contributed by atoms with Crippen LogP contribution in [0.2, 0.25) is 0 Å². The lowest BCUT2D eigenvalue weighted by molar-refractivity contribution is -0.120. The van der Waals surface area contributed by atoms with E-state index in [2.05, 4.69) is 36.3 Å². The Morgan fingerprint density at radius 2 is 2.14 bits per heavy atom. The van der Waals surface area contributed by atoms with Crippen molar-refractivity contribution in [2.24, 2.45) is 5.92 Å². The summed E-state index contributed by atoms with van der Waals surface area (Å²) in [5.74, 6) is 0.839. The zero-order valence-corrected chi connectivity index (χ0v) is 18.0. The summed E-state index contributed by atoms with van der Waals surface area (Å²) >= 11 is 5.11. The first-order valence-corrected chi connectivity index (χ1v) is 11.0. The number of benzene rings is 1. The molecule has 1 aliphatic rings. The molecule has 0 aliphatic carbocycles. The molecule has 1 aromatic carbocycles. The van der Waals surface area contributed by atoms with Crippen molar-refractivity contribution in [3.8, 4) is 10.6 Å². The average molecular weight is 457 g/mol. The number of aromatic nitrogens is 2. The molecule has 3 heterocycles. The SMILES string of the molecule is Cc1cc(Br)ccc1NC(=O)C1CCCN(c2ccc(-c3cccs3)nn2)C1. The summed E-state index contributed by atoms with van der Waals surface area (Å²) in [4.78, 5) is 16.1. The van der Waals surface area contributed by atoms with Gasteiger partial charge in [-0.3, -0.25) is 4.79 Å². The van der Waals surface area contributed by atoms with Gasteiger partial charge in [0.25, 0.3) is 0 Å². The van der Waals surface area contributed by atoms with Crippen LogP contribution in [0.3, 0.4) is 0 Å². The number of aryl methyl sites for hydroxylation is 1. The highest BCUT2D eigenvalue weighted by atomic mass is 79.9. The maximum Gasteiger partial charge on any atom is 0.229 e. The highest BCUT2D eigenvalue weighted by molar-refractivity contribution is 9.10. The molecule has 28 heavy (non-hydrogen) atoms. The van der Waals surface area contributed by atoms with Crippen LogP contribution in [0.4, 0.5) is 11.5 Å². The molecule has 1 amide bonds. The quantitative estimate of drug-likeness (QED) is 0.590. The molecule has 4 rings (SSSR count). The second kappa shape index (κ2) is 8.41. The summed E-state index contributed by atoms with van der Waals surface area (Å²) in [5.41, 5.74) is 2.80. The van der Waals surface area contributed by atoms with E-state index >= 15 is 0 Å². The van der Waals surface area contributed by atoms with E-state index in [0.29, 0.717) is 6.54 Å². The number of nitrogens with one attached hydrogen (secondary N) is 1. The summed E-state index contributed by atoms with van der Waals surface area (Å²) in [6.45, 7) is 3.56. The highest BCUT2D eigenvalue weighted by Crippen LogP contribution is 2.27. The predicted octanol–water partition coefficient (Wildman–Crippen LogP) is 5.13. The van der Waals surface area contributed by atoms with Gasteiger partial charge in [-0.05, 0) is 67.1 Å². The second-order valence-electron chi connectivity index (χ2n) is 6.99. The van der Waals surface area contributed by atoms with Gasteiger partial charge in [-0.1, -0.05) is 22.0 Å². The molecule has 1 unspecified atom stereocenters. The number of carbonyl (C=O) groups is 1. The van der Waals surface area contributed by atoms with E-state index in [1.54, 1.807) is 11.3 Å². The summed E-state index contributed by atoms with van der Waals surface area (Å²) in [5, 5.41) is 13.9. The molecule has 0 saturated carbocycles. The Bertz CT molecular complexity index is 959. The minimum absolute atomic E-state index is 0.0597. The molecular weight excluding hydrogens is 436 g/mol. The van der Waals surface area contributed by atoms with E-state index in [1.165, 1.54) is 0 Å². The van der Waals surface area contributed by atoms with E-state index in [9.17, 15) is 4.79 Å². The normalized spacial score (nSPS) is 16.8. The molecule has 1 aliphatic heterocycles. The molecule has 1 saturated heterocycles. The van der Waals surface area contributed by atoms with Gasteiger partial charge in [0.15, 0.2) is 5.82 Å². The van der Waals surface area contributed by atoms with Crippen LogP contribution in [0, 0.1) is 12.8 Å². The van der Waals surface area contributed by atoms with Crippen LogP contribution in [-0.2, 0) is 4.79 Å². The Hall–Kier alpha value is -2.25. The third-order valence-corrected chi connectivity index (χ3v) is 6.37. The lowest BCUT2D eigenvalue weighted by Crippen LogP contribution is -2.41. The van der Waals surface area contributed by atoms with Gasteiger partial charge in [0.05, 0.1) is 10.8 Å².